The topological polar surface area (TPSA) is 33.4 Å². The van der Waals surface area contributed by atoms with Crippen molar-refractivity contribution in [3.8, 4) is 5.69 Å². The van der Waals surface area contributed by atoms with Crippen molar-refractivity contribution in [1.82, 2.24) is 14.5 Å². The molecule has 5 rings (SSSR count). The number of fused-ring (bicyclic) bond motifs is 1. The molecule has 4 nitrogen and oxygen atoms in total. The van der Waals surface area contributed by atoms with Crippen molar-refractivity contribution in [1.29, 1.82) is 0 Å². The van der Waals surface area contributed by atoms with Crippen LogP contribution in [0.2, 0.25) is 0 Å². The van der Waals surface area contributed by atoms with Gasteiger partial charge in [0.1, 0.15) is 6.04 Å². The van der Waals surface area contributed by atoms with Gasteiger partial charge in [0.05, 0.1) is 17.3 Å². The standard InChI is InChI=1S/C22H19F3N4S/c1-14-13-29-20(19(27-21(29)30-14)17-8-2-3-10-26-17)18-9-5-11-28(18)16-7-4-6-15(12-16)22(23,24)25/h2-12,14,19-20H,13H2,1H3/t14-,19-,20-/m0/s1. The Morgan fingerprint density at radius 1 is 1.07 bits per heavy atom. The van der Waals surface area contributed by atoms with E-state index in [-0.39, 0.29) is 12.1 Å². The highest BCUT2D eigenvalue weighted by molar-refractivity contribution is 8.14. The Morgan fingerprint density at radius 2 is 1.93 bits per heavy atom. The van der Waals surface area contributed by atoms with Gasteiger partial charge in [-0.15, -0.1) is 0 Å². The molecule has 2 aromatic heterocycles. The summed E-state index contributed by atoms with van der Waals surface area (Å²) >= 11 is 1.73. The smallest absolute Gasteiger partial charge is 0.339 e. The lowest BCUT2D eigenvalue weighted by Crippen LogP contribution is -2.30. The molecule has 0 N–H and O–H groups in total. The maximum Gasteiger partial charge on any atom is 0.416 e. The van der Waals surface area contributed by atoms with Crippen LogP contribution >= 0.6 is 11.8 Å². The third-order valence-corrected chi connectivity index (χ3v) is 6.52. The van der Waals surface area contributed by atoms with Crippen molar-refractivity contribution in [2.24, 2.45) is 4.99 Å². The van der Waals surface area contributed by atoms with Gasteiger partial charge in [-0.05, 0) is 42.5 Å². The molecule has 0 bridgehead atoms. The van der Waals surface area contributed by atoms with Crippen LogP contribution in [0.5, 0.6) is 0 Å². The van der Waals surface area contributed by atoms with Gasteiger partial charge < -0.3 is 9.47 Å². The number of aliphatic imine (C=N–C) groups is 1. The fraction of sp³-hybridized carbons (Fsp3) is 0.273. The number of benzene rings is 1. The zero-order chi connectivity index (χ0) is 20.9. The highest BCUT2D eigenvalue weighted by atomic mass is 32.2. The number of halogens is 3. The fourth-order valence-corrected chi connectivity index (χ4v) is 5.23. The minimum absolute atomic E-state index is 0.128. The van der Waals surface area contributed by atoms with Crippen molar-refractivity contribution < 1.29 is 13.2 Å². The maximum absolute atomic E-state index is 13.3. The quantitative estimate of drug-likeness (QED) is 0.554. The minimum atomic E-state index is -4.38. The SMILES string of the molecule is C[C@H]1CN2C(=N[C@@H](c3ccccn3)[C@@H]2c2cccn2-c2cccc(C(F)(F)F)c2)S1. The Kier molecular flexibility index (Phi) is 4.61. The first kappa shape index (κ1) is 19.2. The minimum Gasteiger partial charge on any atom is -0.339 e. The molecule has 3 aromatic rings. The molecule has 4 heterocycles. The zero-order valence-corrected chi connectivity index (χ0v) is 16.9. The van der Waals surface area contributed by atoms with E-state index in [1.165, 1.54) is 12.1 Å². The summed E-state index contributed by atoms with van der Waals surface area (Å²) in [6.45, 7) is 3.00. The molecular formula is C22H19F3N4S. The first-order valence-electron chi connectivity index (χ1n) is 9.69. The van der Waals surface area contributed by atoms with E-state index in [0.717, 1.165) is 29.2 Å². The van der Waals surface area contributed by atoms with Gasteiger partial charge in [-0.25, -0.2) is 0 Å². The monoisotopic (exact) mass is 428 g/mol. The molecule has 0 unspecified atom stereocenters. The molecule has 30 heavy (non-hydrogen) atoms. The van der Waals surface area contributed by atoms with Crippen molar-refractivity contribution in [3.05, 3.63) is 83.9 Å². The number of hydrogen-bond donors (Lipinski definition) is 0. The Bertz CT molecular complexity index is 1090. The Hall–Kier alpha value is -2.74. The van der Waals surface area contributed by atoms with Gasteiger partial charge in [0.15, 0.2) is 5.17 Å². The Balaban J connectivity index is 1.60. The van der Waals surface area contributed by atoms with Gasteiger partial charge in [0.2, 0.25) is 0 Å². The number of pyridine rings is 1. The number of hydrogen-bond acceptors (Lipinski definition) is 4. The van der Waals surface area contributed by atoms with E-state index in [0.29, 0.717) is 10.9 Å². The van der Waals surface area contributed by atoms with E-state index in [2.05, 4.69) is 16.8 Å². The third kappa shape index (κ3) is 3.29. The maximum atomic E-state index is 13.3. The van der Waals surface area contributed by atoms with Gasteiger partial charge >= 0.3 is 6.18 Å². The lowest BCUT2D eigenvalue weighted by Gasteiger charge is -2.28. The molecule has 0 aliphatic carbocycles. The van der Waals surface area contributed by atoms with Crippen LogP contribution in [0.25, 0.3) is 5.69 Å². The second-order valence-electron chi connectivity index (χ2n) is 7.49. The molecule has 1 aromatic carbocycles. The number of nitrogens with zero attached hydrogens (tertiary/aromatic N) is 4. The van der Waals surface area contributed by atoms with Crippen LogP contribution in [0.1, 0.15) is 36.0 Å². The number of rotatable bonds is 3. The first-order valence-corrected chi connectivity index (χ1v) is 10.6. The zero-order valence-electron chi connectivity index (χ0n) is 16.1. The van der Waals surface area contributed by atoms with E-state index >= 15 is 0 Å². The average Bonchev–Trinajstić information content (AvgIpc) is 3.42. The predicted molar refractivity (Wildman–Crippen MR) is 112 cm³/mol. The number of aromatic nitrogens is 2. The molecule has 0 radical (unpaired) electrons. The number of thioether (sulfide) groups is 1. The van der Waals surface area contributed by atoms with Crippen molar-refractivity contribution in [3.63, 3.8) is 0 Å². The third-order valence-electron chi connectivity index (χ3n) is 5.42. The van der Waals surface area contributed by atoms with E-state index < -0.39 is 11.7 Å². The molecular weight excluding hydrogens is 409 g/mol. The summed E-state index contributed by atoms with van der Waals surface area (Å²) in [6, 6.07) is 14.7. The first-order chi connectivity index (χ1) is 14.4. The fourth-order valence-electron chi connectivity index (χ4n) is 4.14. The van der Waals surface area contributed by atoms with Gasteiger partial charge in [-0.1, -0.05) is 30.8 Å². The molecule has 0 amide bonds. The molecule has 0 spiro atoms. The molecule has 0 saturated carbocycles. The summed E-state index contributed by atoms with van der Waals surface area (Å²) in [5, 5.41) is 1.38. The van der Waals surface area contributed by atoms with Gasteiger partial charge in [0, 0.05) is 35.6 Å². The second-order valence-corrected chi connectivity index (χ2v) is 8.89. The molecule has 3 atom stereocenters. The molecule has 2 aliphatic heterocycles. The van der Waals surface area contributed by atoms with Crippen LogP contribution in [0.3, 0.4) is 0 Å². The number of alkyl halides is 3. The van der Waals surface area contributed by atoms with Crippen LogP contribution in [-0.4, -0.2) is 31.4 Å². The molecule has 1 fully saturated rings. The van der Waals surface area contributed by atoms with Gasteiger partial charge in [-0.3, -0.25) is 9.98 Å². The summed E-state index contributed by atoms with van der Waals surface area (Å²) < 4.78 is 41.6. The highest BCUT2D eigenvalue weighted by Gasteiger charge is 2.44. The summed E-state index contributed by atoms with van der Waals surface area (Å²) in [5.74, 6) is 0. The highest BCUT2D eigenvalue weighted by Crippen LogP contribution is 2.48. The van der Waals surface area contributed by atoms with Crippen molar-refractivity contribution >= 4 is 16.9 Å². The van der Waals surface area contributed by atoms with Crippen LogP contribution in [-0.2, 0) is 6.18 Å². The predicted octanol–water partition coefficient (Wildman–Crippen LogP) is 5.48. The lowest BCUT2D eigenvalue weighted by atomic mass is 10.0. The normalized spacial score (nSPS) is 23.5. The summed E-state index contributed by atoms with van der Waals surface area (Å²) in [4.78, 5) is 11.7. The van der Waals surface area contributed by atoms with E-state index in [9.17, 15) is 13.2 Å². The molecule has 2 aliphatic rings. The van der Waals surface area contributed by atoms with Crippen LogP contribution in [0.4, 0.5) is 13.2 Å². The van der Waals surface area contributed by atoms with Crippen LogP contribution < -0.4 is 0 Å². The second kappa shape index (κ2) is 7.19. The molecule has 8 heteroatoms. The molecule has 154 valence electrons. The van der Waals surface area contributed by atoms with E-state index in [4.69, 9.17) is 4.99 Å². The lowest BCUT2D eigenvalue weighted by molar-refractivity contribution is -0.137. The number of amidine groups is 1. The average molecular weight is 428 g/mol. The van der Waals surface area contributed by atoms with Crippen molar-refractivity contribution in [2.45, 2.75) is 30.4 Å². The van der Waals surface area contributed by atoms with Crippen molar-refractivity contribution in [2.75, 3.05) is 6.54 Å². The largest absolute Gasteiger partial charge is 0.416 e. The van der Waals surface area contributed by atoms with Crippen LogP contribution in [0.15, 0.2) is 72.0 Å². The molecule has 1 saturated heterocycles. The van der Waals surface area contributed by atoms with Crippen LogP contribution in [0, 0.1) is 0 Å². The van der Waals surface area contributed by atoms with E-state index in [1.54, 1.807) is 24.0 Å². The summed E-state index contributed by atoms with van der Waals surface area (Å²) in [6.07, 6.45) is -0.826. The Labute approximate surface area is 176 Å². The Morgan fingerprint density at radius 3 is 2.70 bits per heavy atom. The van der Waals surface area contributed by atoms with Gasteiger partial charge in [-0.2, -0.15) is 13.2 Å². The van der Waals surface area contributed by atoms with E-state index in [1.807, 2.05) is 41.1 Å². The summed E-state index contributed by atoms with van der Waals surface area (Å²) in [7, 11) is 0. The van der Waals surface area contributed by atoms with Gasteiger partial charge in [0.25, 0.3) is 0 Å². The summed E-state index contributed by atoms with van der Waals surface area (Å²) in [5.41, 5.74) is 1.58.